The Balaban J connectivity index is 1.43. The molecular formula is C28H36N2O3. The normalized spacial score (nSPS) is 21.3. The topological polar surface area (TPSA) is 49.9 Å². The van der Waals surface area contributed by atoms with E-state index in [1.807, 2.05) is 16.7 Å². The first-order valence-electron chi connectivity index (χ1n) is 12.4. The molecule has 0 bridgehead atoms. The van der Waals surface area contributed by atoms with Gasteiger partial charge in [-0.25, -0.2) is 0 Å². The smallest absolute Gasteiger partial charge is 0.227 e. The maximum absolute atomic E-state index is 13.2. The van der Waals surface area contributed by atoms with Crippen LogP contribution in [0.4, 0.5) is 0 Å². The number of nitrogens with zero attached hydrogens (tertiary/aromatic N) is 2. The lowest BCUT2D eigenvalue weighted by Crippen LogP contribution is -2.38. The number of aryl methyl sites for hydroxylation is 1. The monoisotopic (exact) mass is 448 g/mol. The largest absolute Gasteiger partial charge is 0.378 e. The molecule has 2 saturated heterocycles. The summed E-state index contributed by atoms with van der Waals surface area (Å²) in [6.07, 6.45) is 4.30. The third-order valence-electron chi connectivity index (χ3n) is 6.97. The maximum atomic E-state index is 13.2. The molecule has 5 nitrogen and oxygen atoms in total. The van der Waals surface area contributed by atoms with E-state index in [9.17, 15) is 9.59 Å². The second-order valence-electron chi connectivity index (χ2n) is 9.40. The zero-order chi connectivity index (χ0) is 23.2. The Morgan fingerprint density at radius 3 is 2.61 bits per heavy atom. The highest BCUT2D eigenvalue weighted by atomic mass is 16.5. The van der Waals surface area contributed by atoms with E-state index in [0.717, 1.165) is 31.4 Å². The first-order valence-corrected chi connectivity index (χ1v) is 12.4. The van der Waals surface area contributed by atoms with Gasteiger partial charge in [0.2, 0.25) is 11.8 Å². The molecule has 2 fully saturated rings. The Labute approximate surface area is 197 Å². The van der Waals surface area contributed by atoms with Crippen molar-refractivity contribution >= 4 is 11.8 Å². The van der Waals surface area contributed by atoms with Gasteiger partial charge in [0.25, 0.3) is 0 Å². The Morgan fingerprint density at radius 1 is 1.09 bits per heavy atom. The van der Waals surface area contributed by atoms with Crippen molar-refractivity contribution < 1.29 is 14.3 Å². The SMILES string of the molecule is CCN1CCN(C(=O)CCC2CCCO2)CC(Cc2ccc(-c3cccc(C)c3)cc2)C1=O. The maximum Gasteiger partial charge on any atom is 0.227 e. The molecule has 0 aliphatic carbocycles. The number of hydrogen-bond donors (Lipinski definition) is 0. The van der Waals surface area contributed by atoms with Crippen LogP contribution < -0.4 is 0 Å². The fourth-order valence-electron chi connectivity index (χ4n) is 4.99. The average Bonchev–Trinajstić information content (AvgIpc) is 3.30. The van der Waals surface area contributed by atoms with Crippen molar-refractivity contribution in [3.05, 3.63) is 59.7 Å². The molecule has 33 heavy (non-hydrogen) atoms. The van der Waals surface area contributed by atoms with Crippen molar-refractivity contribution in [2.45, 2.75) is 52.1 Å². The summed E-state index contributed by atoms with van der Waals surface area (Å²) >= 11 is 0. The first-order chi connectivity index (χ1) is 16.0. The molecule has 0 aromatic heterocycles. The molecule has 2 heterocycles. The van der Waals surface area contributed by atoms with Gasteiger partial charge < -0.3 is 14.5 Å². The van der Waals surface area contributed by atoms with Crippen molar-refractivity contribution in [3.63, 3.8) is 0 Å². The van der Waals surface area contributed by atoms with Crippen LogP contribution >= 0.6 is 0 Å². The first kappa shape index (κ1) is 23.5. The number of ether oxygens (including phenoxy) is 1. The molecule has 2 atom stereocenters. The van der Waals surface area contributed by atoms with Gasteiger partial charge in [-0.3, -0.25) is 9.59 Å². The van der Waals surface area contributed by atoms with Gasteiger partial charge in [-0.05, 0) is 56.2 Å². The number of amides is 2. The minimum Gasteiger partial charge on any atom is -0.378 e. The predicted octanol–water partition coefficient (Wildman–Crippen LogP) is 4.47. The van der Waals surface area contributed by atoms with Gasteiger partial charge in [-0.2, -0.15) is 0 Å². The Morgan fingerprint density at radius 2 is 1.91 bits per heavy atom. The van der Waals surface area contributed by atoms with Crippen LogP contribution in [0, 0.1) is 12.8 Å². The molecule has 2 aromatic rings. The van der Waals surface area contributed by atoms with E-state index in [1.165, 1.54) is 16.7 Å². The van der Waals surface area contributed by atoms with Gasteiger partial charge in [0, 0.05) is 39.2 Å². The quantitative estimate of drug-likeness (QED) is 0.628. The highest BCUT2D eigenvalue weighted by Gasteiger charge is 2.32. The number of hydrogen-bond acceptors (Lipinski definition) is 3. The molecule has 4 rings (SSSR count). The van der Waals surface area contributed by atoms with Crippen LogP contribution in [0.5, 0.6) is 0 Å². The lowest BCUT2D eigenvalue weighted by atomic mass is 9.95. The zero-order valence-corrected chi connectivity index (χ0v) is 20.0. The Bertz CT molecular complexity index is 950. The molecule has 2 unspecified atom stereocenters. The second kappa shape index (κ2) is 11.0. The fourth-order valence-corrected chi connectivity index (χ4v) is 4.99. The summed E-state index contributed by atoms with van der Waals surface area (Å²) in [4.78, 5) is 30.0. The molecule has 5 heteroatoms. The van der Waals surface area contributed by atoms with Gasteiger partial charge in [0.15, 0.2) is 0 Å². The molecule has 0 N–H and O–H groups in total. The average molecular weight is 449 g/mol. The third-order valence-corrected chi connectivity index (χ3v) is 6.97. The van der Waals surface area contributed by atoms with Crippen molar-refractivity contribution in [1.82, 2.24) is 9.80 Å². The molecule has 2 aliphatic rings. The predicted molar refractivity (Wildman–Crippen MR) is 131 cm³/mol. The van der Waals surface area contributed by atoms with Gasteiger partial charge in [-0.15, -0.1) is 0 Å². The minimum absolute atomic E-state index is 0.149. The van der Waals surface area contributed by atoms with E-state index >= 15 is 0 Å². The summed E-state index contributed by atoms with van der Waals surface area (Å²) in [5, 5.41) is 0. The van der Waals surface area contributed by atoms with Crippen LogP contribution in [0.3, 0.4) is 0 Å². The van der Waals surface area contributed by atoms with Crippen LogP contribution in [0.15, 0.2) is 48.5 Å². The van der Waals surface area contributed by atoms with Crippen LogP contribution in [-0.4, -0.2) is 60.5 Å². The summed E-state index contributed by atoms with van der Waals surface area (Å²) in [7, 11) is 0. The molecule has 176 valence electrons. The number of carbonyl (C=O) groups is 2. The molecule has 2 aromatic carbocycles. The van der Waals surface area contributed by atoms with Crippen molar-refractivity contribution in [2.75, 3.05) is 32.8 Å². The summed E-state index contributed by atoms with van der Waals surface area (Å²) in [6, 6.07) is 17.0. The minimum atomic E-state index is -0.205. The highest BCUT2D eigenvalue weighted by Crippen LogP contribution is 2.24. The second-order valence-corrected chi connectivity index (χ2v) is 9.40. The van der Waals surface area contributed by atoms with Crippen LogP contribution in [-0.2, 0) is 20.7 Å². The number of rotatable bonds is 7. The molecule has 0 radical (unpaired) electrons. The van der Waals surface area contributed by atoms with Crippen molar-refractivity contribution in [3.8, 4) is 11.1 Å². The Hall–Kier alpha value is -2.66. The van der Waals surface area contributed by atoms with Crippen LogP contribution in [0.25, 0.3) is 11.1 Å². The van der Waals surface area contributed by atoms with E-state index in [-0.39, 0.29) is 23.8 Å². The van der Waals surface area contributed by atoms with E-state index < -0.39 is 0 Å². The lowest BCUT2D eigenvalue weighted by Gasteiger charge is -2.24. The van der Waals surface area contributed by atoms with E-state index in [1.54, 1.807) is 0 Å². The standard InChI is InChI=1S/C28H36N2O3/c1-3-29-15-16-30(27(31)14-13-26-8-5-17-33-26)20-25(28(29)32)19-22-9-11-23(12-10-22)24-7-4-6-21(2)18-24/h4,6-7,9-12,18,25-26H,3,5,8,13-17,19-20H2,1-2H3. The van der Waals surface area contributed by atoms with E-state index in [4.69, 9.17) is 4.74 Å². The van der Waals surface area contributed by atoms with Crippen LogP contribution in [0.1, 0.15) is 43.7 Å². The van der Waals surface area contributed by atoms with Crippen molar-refractivity contribution in [2.24, 2.45) is 5.92 Å². The third kappa shape index (κ3) is 6.02. The Kier molecular flexibility index (Phi) is 7.81. The van der Waals surface area contributed by atoms with Gasteiger partial charge in [0.05, 0.1) is 12.0 Å². The molecule has 2 amide bonds. The number of carbonyl (C=O) groups excluding carboxylic acids is 2. The highest BCUT2D eigenvalue weighted by molar-refractivity contribution is 5.82. The molecule has 0 spiro atoms. The summed E-state index contributed by atoms with van der Waals surface area (Å²) < 4.78 is 5.68. The molecular weight excluding hydrogens is 412 g/mol. The molecule has 0 saturated carbocycles. The lowest BCUT2D eigenvalue weighted by molar-refractivity contribution is -0.135. The van der Waals surface area contributed by atoms with E-state index in [0.29, 0.717) is 39.0 Å². The number of likely N-dealkylation sites (N-methyl/N-ethyl adjacent to an activating group) is 1. The van der Waals surface area contributed by atoms with Gasteiger partial charge >= 0.3 is 0 Å². The zero-order valence-electron chi connectivity index (χ0n) is 20.0. The summed E-state index contributed by atoms with van der Waals surface area (Å²) in [5.41, 5.74) is 4.75. The van der Waals surface area contributed by atoms with Gasteiger partial charge in [-0.1, -0.05) is 54.1 Å². The van der Waals surface area contributed by atoms with E-state index in [2.05, 4.69) is 55.5 Å². The fraction of sp³-hybridized carbons (Fsp3) is 0.500. The summed E-state index contributed by atoms with van der Waals surface area (Å²) in [5.74, 6) is 0.106. The molecule has 2 aliphatic heterocycles. The summed E-state index contributed by atoms with van der Waals surface area (Å²) in [6.45, 7) is 7.34. The van der Waals surface area contributed by atoms with Crippen LogP contribution in [0.2, 0.25) is 0 Å². The van der Waals surface area contributed by atoms with Gasteiger partial charge in [0.1, 0.15) is 0 Å². The number of benzene rings is 2. The van der Waals surface area contributed by atoms with Crippen molar-refractivity contribution in [1.29, 1.82) is 0 Å².